The van der Waals surface area contributed by atoms with Crippen LogP contribution in [-0.2, 0) is 23.8 Å². The quantitative estimate of drug-likeness (QED) is 0.702. The number of rotatable bonds is 6. The fourth-order valence-electron chi connectivity index (χ4n) is 3.04. The number of anilines is 2. The Bertz CT molecular complexity index is 1010. The monoisotopic (exact) mass is 426 g/mol. The molecule has 0 atom stereocenters. The van der Waals surface area contributed by atoms with Gasteiger partial charge in [-0.3, -0.25) is 4.79 Å². The van der Waals surface area contributed by atoms with Gasteiger partial charge >= 0.3 is 11.9 Å². The van der Waals surface area contributed by atoms with E-state index in [4.69, 9.17) is 18.9 Å². The van der Waals surface area contributed by atoms with Crippen LogP contribution < -0.4 is 15.0 Å². The molecular formula is C22H22N2O7. The van der Waals surface area contributed by atoms with Crippen LogP contribution in [0.2, 0.25) is 0 Å². The molecule has 2 aromatic carbocycles. The summed E-state index contributed by atoms with van der Waals surface area (Å²) in [6.07, 6.45) is 0. The highest BCUT2D eigenvalue weighted by Gasteiger charge is 2.32. The molecule has 9 nitrogen and oxygen atoms in total. The van der Waals surface area contributed by atoms with Crippen LogP contribution in [0.25, 0.3) is 0 Å². The van der Waals surface area contributed by atoms with Crippen molar-refractivity contribution in [3.63, 3.8) is 0 Å². The lowest BCUT2D eigenvalue weighted by Gasteiger charge is -2.31. The number of hydrogen-bond acceptors (Lipinski definition) is 8. The summed E-state index contributed by atoms with van der Waals surface area (Å²) in [5.41, 5.74) is 1.63. The van der Waals surface area contributed by atoms with Crippen molar-refractivity contribution in [3.05, 3.63) is 65.4 Å². The second kappa shape index (κ2) is 9.77. The molecule has 1 amide bonds. The van der Waals surface area contributed by atoms with Gasteiger partial charge in [0.15, 0.2) is 0 Å². The lowest BCUT2D eigenvalue weighted by atomic mass is 10.1. The van der Waals surface area contributed by atoms with Gasteiger partial charge in [0, 0.05) is 23.0 Å². The van der Waals surface area contributed by atoms with E-state index >= 15 is 0 Å². The Morgan fingerprint density at radius 2 is 1.68 bits per heavy atom. The van der Waals surface area contributed by atoms with Crippen molar-refractivity contribution in [1.29, 1.82) is 0 Å². The maximum Gasteiger partial charge on any atom is 0.355 e. The van der Waals surface area contributed by atoms with Crippen LogP contribution in [0.15, 0.2) is 59.8 Å². The Hall–Kier alpha value is -3.85. The molecule has 1 aliphatic rings. The number of nitrogens with one attached hydrogen (secondary N) is 1. The molecule has 31 heavy (non-hydrogen) atoms. The third-order valence-corrected chi connectivity index (χ3v) is 4.60. The second-order valence-corrected chi connectivity index (χ2v) is 6.45. The van der Waals surface area contributed by atoms with Gasteiger partial charge in [-0.15, -0.1) is 0 Å². The second-order valence-electron chi connectivity index (χ2n) is 6.45. The zero-order valence-corrected chi connectivity index (χ0v) is 17.3. The Labute approximate surface area is 179 Å². The summed E-state index contributed by atoms with van der Waals surface area (Å²) in [7, 11) is 4.00. The summed E-state index contributed by atoms with van der Waals surface area (Å²) in [4.78, 5) is 38.5. The summed E-state index contributed by atoms with van der Waals surface area (Å²) in [6, 6.07) is 13.5. The molecular weight excluding hydrogens is 404 g/mol. The molecule has 0 radical (unpaired) electrons. The molecule has 2 aromatic rings. The normalized spacial score (nSPS) is 13.5. The molecule has 1 aliphatic heterocycles. The number of nitrogens with zero attached hydrogens (tertiary/aromatic N) is 1. The van der Waals surface area contributed by atoms with Crippen molar-refractivity contribution < 1.29 is 33.3 Å². The molecule has 162 valence electrons. The summed E-state index contributed by atoms with van der Waals surface area (Å²) < 4.78 is 20.2. The van der Waals surface area contributed by atoms with Gasteiger partial charge < -0.3 is 29.2 Å². The molecule has 0 fully saturated rings. The maximum absolute atomic E-state index is 12.6. The number of esters is 2. The SMILES string of the molecule is COC(=O)C1=C(C(=O)OC)N(c2ccc(C(=O)Nc3cccc(OC)c3)cc2)COC1. The molecule has 9 heteroatoms. The van der Waals surface area contributed by atoms with Gasteiger partial charge in [-0.05, 0) is 36.4 Å². The standard InChI is InChI=1S/C22H22N2O7/c1-28-17-6-4-5-15(11-17)23-20(25)14-7-9-16(10-8-14)24-13-31-12-18(21(26)29-2)19(24)22(27)30-3/h4-11H,12-13H2,1-3H3,(H,23,25). The zero-order valence-electron chi connectivity index (χ0n) is 17.3. The van der Waals surface area contributed by atoms with Crippen molar-refractivity contribution in [2.24, 2.45) is 0 Å². The van der Waals surface area contributed by atoms with E-state index < -0.39 is 11.9 Å². The molecule has 3 rings (SSSR count). The van der Waals surface area contributed by atoms with E-state index in [2.05, 4.69) is 5.32 Å². The van der Waals surface area contributed by atoms with Gasteiger partial charge in [-0.25, -0.2) is 9.59 Å². The van der Waals surface area contributed by atoms with E-state index in [0.717, 1.165) is 0 Å². The van der Waals surface area contributed by atoms with Crippen LogP contribution in [-0.4, -0.2) is 52.5 Å². The third-order valence-electron chi connectivity index (χ3n) is 4.60. The zero-order chi connectivity index (χ0) is 22.4. The average molecular weight is 426 g/mol. The van der Waals surface area contributed by atoms with E-state index in [-0.39, 0.29) is 30.5 Å². The van der Waals surface area contributed by atoms with Gasteiger partial charge in [0.2, 0.25) is 0 Å². The Morgan fingerprint density at radius 3 is 2.32 bits per heavy atom. The van der Waals surface area contributed by atoms with Crippen LogP contribution in [0, 0.1) is 0 Å². The molecule has 0 spiro atoms. The number of methoxy groups -OCH3 is 3. The van der Waals surface area contributed by atoms with E-state index in [1.165, 1.54) is 19.1 Å². The van der Waals surface area contributed by atoms with E-state index in [0.29, 0.717) is 22.7 Å². The smallest absolute Gasteiger partial charge is 0.355 e. The Morgan fingerprint density at radius 1 is 0.968 bits per heavy atom. The van der Waals surface area contributed by atoms with Crippen molar-refractivity contribution in [2.45, 2.75) is 0 Å². The van der Waals surface area contributed by atoms with Gasteiger partial charge in [-0.2, -0.15) is 0 Å². The number of carbonyl (C=O) groups is 3. The molecule has 1 N–H and O–H groups in total. The van der Waals surface area contributed by atoms with E-state index in [1.807, 2.05) is 0 Å². The predicted octanol–water partition coefficient (Wildman–Crippen LogP) is 2.34. The fourth-order valence-corrected chi connectivity index (χ4v) is 3.04. The minimum Gasteiger partial charge on any atom is -0.497 e. The molecule has 0 saturated heterocycles. The number of ether oxygens (including phenoxy) is 4. The topological polar surface area (TPSA) is 103 Å². The highest BCUT2D eigenvalue weighted by atomic mass is 16.5. The molecule has 0 unspecified atom stereocenters. The summed E-state index contributed by atoms with van der Waals surface area (Å²) in [6.45, 7) is -0.0467. The van der Waals surface area contributed by atoms with Crippen molar-refractivity contribution in [1.82, 2.24) is 0 Å². The minimum absolute atomic E-state index is 0.0281. The summed E-state index contributed by atoms with van der Waals surface area (Å²) >= 11 is 0. The number of benzene rings is 2. The molecule has 1 heterocycles. The Kier molecular flexibility index (Phi) is 6.88. The van der Waals surface area contributed by atoms with Gasteiger partial charge in [0.05, 0.1) is 33.5 Å². The minimum atomic E-state index is -0.691. The van der Waals surface area contributed by atoms with E-state index in [1.54, 1.807) is 55.6 Å². The first-order chi connectivity index (χ1) is 15.0. The summed E-state index contributed by atoms with van der Waals surface area (Å²) in [5, 5.41) is 2.80. The van der Waals surface area contributed by atoms with Crippen molar-refractivity contribution in [2.75, 3.05) is 44.9 Å². The van der Waals surface area contributed by atoms with Crippen molar-refractivity contribution >= 4 is 29.2 Å². The number of hydrogen-bond donors (Lipinski definition) is 1. The first kappa shape index (κ1) is 21.8. The maximum atomic E-state index is 12.6. The first-order valence-corrected chi connectivity index (χ1v) is 9.29. The first-order valence-electron chi connectivity index (χ1n) is 9.29. The molecule has 0 aromatic heterocycles. The van der Waals surface area contributed by atoms with Crippen LogP contribution in [0.3, 0.4) is 0 Å². The third kappa shape index (κ3) is 4.84. The molecule has 0 bridgehead atoms. The summed E-state index contributed by atoms with van der Waals surface area (Å²) in [5.74, 6) is -1.06. The van der Waals surface area contributed by atoms with Crippen LogP contribution in [0.5, 0.6) is 5.75 Å². The lowest BCUT2D eigenvalue weighted by Crippen LogP contribution is -2.38. The average Bonchev–Trinajstić information content (AvgIpc) is 2.82. The van der Waals surface area contributed by atoms with Gasteiger partial charge in [0.25, 0.3) is 5.91 Å². The largest absolute Gasteiger partial charge is 0.497 e. The highest BCUT2D eigenvalue weighted by molar-refractivity contribution is 6.05. The lowest BCUT2D eigenvalue weighted by molar-refractivity contribution is -0.140. The van der Waals surface area contributed by atoms with Crippen LogP contribution in [0.1, 0.15) is 10.4 Å². The fraction of sp³-hybridized carbons (Fsp3) is 0.227. The van der Waals surface area contributed by atoms with Crippen molar-refractivity contribution in [3.8, 4) is 5.75 Å². The van der Waals surface area contributed by atoms with Crippen LogP contribution >= 0.6 is 0 Å². The highest BCUT2D eigenvalue weighted by Crippen LogP contribution is 2.27. The molecule has 0 aliphatic carbocycles. The van der Waals surface area contributed by atoms with Crippen LogP contribution in [0.4, 0.5) is 11.4 Å². The molecule has 0 saturated carbocycles. The predicted molar refractivity (Wildman–Crippen MR) is 112 cm³/mol. The number of carbonyl (C=O) groups excluding carboxylic acids is 3. The number of amides is 1. The van der Waals surface area contributed by atoms with E-state index in [9.17, 15) is 14.4 Å². The van der Waals surface area contributed by atoms with Gasteiger partial charge in [-0.1, -0.05) is 6.07 Å². The van der Waals surface area contributed by atoms with Gasteiger partial charge in [0.1, 0.15) is 18.2 Å². The Balaban J connectivity index is 1.84.